The number of imide groups is 1. The van der Waals surface area contributed by atoms with Crippen molar-refractivity contribution in [1.82, 2.24) is 20.9 Å². The van der Waals surface area contributed by atoms with Crippen LogP contribution in [0.4, 0.5) is 13.2 Å². The van der Waals surface area contributed by atoms with Gasteiger partial charge in [-0.25, -0.2) is 0 Å². The van der Waals surface area contributed by atoms with Gasteiger partial charge in [-0.1, -0.05) is 13.8 Å². The highest BCUT2D eigenvalue weighted by Crippen LogP contribution is 2.23. The second-order valence-electron chi connectivity index (χ2n) is 10.1. The van der Waals surface area contributed by atoms with Gasteiger partial charge in [0, 0.05) is 24.1 Å². The largest absolute Gasteiger partial charge is 0.481 e. The number of unbranched alkanes of at least 4 members (excludes halogenated alkanes) is 1. The number of alkyl halides is 3. The van der Waals surface area contributed by atoms with Gasteiger partial charge in [-0.3, -0.25) is 33.7 Å². The standard InChI is InChI=1S/C27H35F3N4O7/c1-15(2)21(26(41)34(16(3)22(37)27(28,29)30)25(40)19-7-6-14-31-19)33-24(39)18-11-9-17(10-12-18)23(38)32-13-5-4-8-20(35)36/h9-12,15-16,19,21,31H,4-8,13-14H2,1-3H3,(H,32,38)(H,33,39)(H,35,36)/t16?,19-,21-/m0/s1. The summed E-state index contributed by atoms with van der Waals surface area (Å²) < 4.78 is 39.7. The van der Waals surface area contributed by atoms with Crippen molar-refractivity contribution >= 4 is 35.4 Å². The SMILES string of the molecule is CC(C)[C@H](NC(=O)c1ccc(C(=O)NCCCCC(=O)O)cc1)C(=O)N(C(=O)[C@@H]1CCCN1)C(C)C(=O)C(F)(F)F. The molecule has 1 aliphatic rings. The Morgan fingerprint density at radius 2 is 1.59 bits per heavy atom. The molecule has 1 unspecified atom stereocenters. The van der Waals surface area contributed by atoms with E-state index in [9.17, 15) is 41.9 Å². The van der Waals surface area contributed by atoms with E-state index in [4.69, 9.17) is 5.11 Å². The van der Waals surface area contributed by atoms with E-state index in [1.54, 1.807) is 0 Å². The molecule has 41 heavy (non-hydrogen) atoms. The summed E-state index contributed by atoms with van der Waals surface area (Å²) in [7, 11) is 0. The van der Waals surface area contributed by atoms with Crippen molar-refractivity contribution in [2.75, 3.05) is 13.1 Å². The molecule has 1 aliphatic heterocycles. The minimum atomic E-state index is -5.29. The average molecular weight is 585 g/mol. The highest BCUT2D eigenvalue weighted by atomic mass is 19.4. The third-order valence-corrected chi connectivity index (χ3v) is 6.61. The summed E-state index contributed by atoms with van der Waals surface area (Å²) in [5.41, 5.74) is 0.257. The van der Waals surface area contributed by atoms with Crippen molar-refractivity contribution in [3.8, 4) is 0 Å². The van der Waals surface area contributed by atoms with Crippen molar-refractivity contribution in [3.05, 3.63) is 35.4 Å². The predicted octanol–water partition coefficient (Wildman–Crippen LogP) is 2.05. The van der Waals surface area contributed by atoms with Crippen LogP contribution >= 0.6 is 0 Å². The predicted molar refractivity (Wildman–Crippen MR) is 140 cm³/mol. The number of hydrogen-bond acceptors (Lipinski definition) is 7. The van der Waals surface area contributed by atoms with Crippen molar-refractivity contribution < 1.29 is 47.0 Å². The smallest absolute Gasteiger partial charge is 0.452 e. The van der Waals surface area contributed by atoms with E-state index in [1.165, 1.54) is 38.1 Å². The monoisotopic (exact) mass is 584 g/mol. The molecule has 0 spiro atoms. The maximum Gasteiger partial charge on any atom is 0.452 e. The van der Waals surface area contributed by atoms with E-state index in [0.29, 0.717) is 30.7 Å². The van der Waals surface area contributed by atoms with Gasteiger partial charge < -0.3 is 21.1 Å². The number of aliphatic carboxylic acids is 1. The Hall–Kier alpha value is -3.81. The first-order valence-corrected chi connectivity index (χ1v) is 13.3. The average Bonchev–Trinajstić information content (AvgIpc) is 3.45. The number of ketones is 1. The molecule has 4 N–H and O–H groups in total. The van der Waals surface area contributed by atoms with Crippen LogP contribution in [0.3, 0.4) is 0 Å². The van der Waals surface area contributed by atoms with Crippen LogP contribution in [0.1, 0.15) is 73.6 Å². The van der Waals surface area contributed by atoms with Gasteiger partial charge >= 0.3 is 12.1 Å². The molecule has 11 nitrogen and oxygen atoms in total. The number of halogens is 3. The number of carbonyl (C=O) groups excluding carboxylic acids is 5. The normalized spacial score (nSPS) is 16.5. The Morgan fingerprint density at radius 3 is 2.07 bits per heavy atom. The molecular weight excluding hydrogens is 549 g/mol. The maximum atomic E-state index is 13.5. The zero-order valence-corrected chi connectivity index (χ0v) is 23.0. The number of Topliss-reactive ketones (excluding diaryl/α,β-unsaturated/α-hetero) is 1. The van der Waals surface area contributed by atoms with Gasteiger partial charge in [-0.15, -0.1) is 0 Å². The van der Waals surface area contributed by atoms with Crippen molar-refractivity contribution in [2.24, 2.45) is 5.92 Å². The molecule has 1 aromatic rings. The minimum Gasteiger partial charge on any atom is -0.481 e. The highest BCUT2D eigenvalue weighted by Gasteiger charge is 2.48. The topological polar surface area (TPSA) is 162 Å². The van der Waals surface area contributed by atoms with E-state index >= 15 is 0 Å². The van der Waals surface area contributed by atoms with Gasteiger partial charge in [0.15, 0.2) is 0 Å². The van der Waals surface area contributed by atoms with E-state index in [1.807, 2.05) is 0 Å². The minimum absolute atomic E-state index is 0.0134. The lowest BCUT2D eigenvalue weighted by Gasteiger charge is -2.33. The molecule has 1 fully saturated rings. The Kier molecular flexibility index (Phi) is 12.0. The summed E-state index contributed by atoms with van der Waals surface area (Å²) in [6, 6.07) is 0.832. The van der Waals surface area contributed by atoms with Crippen LogP contribution in [-0.2, 0) is 19.2 Å². The quantitative estimate of drug-likeness (QED) is 0.256. The van der Waals surface area contributed by atoms with Crippen molar-refractivity contribution in [3.63, 3.8) is 0 Å². The zero-order chi connectivity index (χ0) is 30.9. The number of carboxylic acid groups (broad SMARTS) is 1. The first kappa shape index (κ1) is 33.4. The Bertz CT molecular complexity index is 1130. The summed E-state index contributed by atoms with van der Waals surface area (Å²) in [6.07, 6.45) is -3.61. The molecule has 0 aliphatic carbocycles. The van der Waals surface area contributed by atoms with Crippen LogP contribution in [0.15, 0.2) is 24.3 Å². The lowest BCUT2D eigenvalue weighted by Crippen LogP contribution is -2.61. The molecular formula is C27H35F3N4O7. The van der Waals surface area contributed by atoms with Gasteiger partial charge in [-0.2, -0.15) is 13.2 Å². The fraction of sp³-hybridized carbons (Fsp3) is 0.556. The van der Waals surface area contributed by atoms with E-state index in [-0.39, 0.29) is 30.5 Å². The number of carbonyl (C=O) groups is 6. The molecule has 0 aromatic heterocycles. The Balaban J connectivity index is 2.17. The molecule has 226 valence electrons. The van der Waals surface area contributed by atoms with Crippen LogP contribution in [0.5, 0.6) is 0 Å². The van der Waals surface area contributed by atoms with E-state index < -0.39 is 65.6 Å². The number of rotatable bonds is 13. The van der Waals surface area contributed by atoms with E-state index in [2.05, 4.69) is 16.0 Å². The molecule has 1 saturated heterocycles. The number of nitrogens with zero attached hydrogens (tertiary/aromatic N) is 1. The van der Waals surface area contributed by atoms with Crippen LogP contribution in [-0.4, -0.2) is 82.8 Å². The number of benzene rings is 1. The fourth-order valence-electron chi connectivity index (χ4n) is 4.27. The van der Waals surface area contributed by atoms with E-state index in [0.717, 1.165) is 6.92 Å². The van der Waals surface area contributed by atoms with Gasteiger partial charge in [0.2, 0.25) is 5.91 Å². The molecule has 0 saturated carbocycles. The number of hydrogen-bond donors (Lipinski definition) is 4. The number of amides is 4. The second kappa shape index (κ2) is 14.7. The lowest BCUT2D eigenvalue weighted by atomic mass is 9.99. The van der Waals surface area contributed by atoms with Gasteiger partial charge in [-0.05, 0) is 69.3 Å². The first-order chi connectivity index (χ1) is 19.1. The molecule has 1 heterocycles. The van der Waals surface area contributed by atoms with Crippen molar-refractivity contribution in [1.29, 1.82) is 0 Å². The maximum absolute atomic E-state index is 13.5. The third kappa shape index (κ3) is 9.37. The van der Waals surface area contributed by atoms with Crippen LogP contribution < -0.4 is 16.0 Å². The van der Waals surface area contributed by atoms with Gasteiger partial charge in [0.05, 0.1) is 6.04 Å². The zero-order valence-electron chi connectivity index (χ0n) is 23.0. The van der Waals surface area contributed by atoms with Crippen LogP contribution in [0.2, 0.25) is 0 Å². The first-order valence-electron chi connectivity index (χ1n) is 13.3. The number of nitrogens with one attached hydrogen (secondary N) is 3. The van der Waals surface area contributed by atoms with Crippen LogP contribution in [0.25, 0.3) is 0 Å². The second-order valence-corrected chi connectivity index (χ2v) is 10.1. The lowest BCUT2D eigenvalue weighted by molar-refractivity contribution is -0.179. The molecule has 3 atom stereocenters. The summed E-state index contributed by atoms with van der Waals surface area (Å²) in [5.74, 6) is -7.20. The molecule has 4 amide bonds. The highest BCUT2D eigenvalue weighted by molar-refractivity contribution is 6.07. The summed E-state index contributed by atoms with van der Waals surface area (Å²) >= 11 is 0. The molecule has 14 heteroatoms. The van der Waals surface area contributed by atoms with Gasteiger partial charge in [0.25, 0.3) is 23.5 Å². The fourth-order valence-corrected chi connectivity index (χ4v) is 4.27. The Labute approximate surface area is 235 Å². The summed E-state index contributed by atoms with van der Waals surface area (Å²) in [4.78, 5) is 74.8. The van der Waals surface area contributed by atoms with Crippen LogP contribution in [0, 0.1) is 5.92 Å². The summed E-state index contributed by atoms with van der Waals surface area (Å²) in [6.45, 7) is 4.56. The molecule has 0 bridgehead atoms. The summed E-state index contributed by atoms with van der Waals surface area (Å²) in [5, 5.41) is 16.5. The Morgan fingerprint density at radius 1 is 1.00 bits per heavy atom. The molecule has 1 aromatic carbocycles. The molecule has 2 rings (SSSR count). The van der Waals surface area contributed by atoms with Crippen molar-refractivity contribution in [2.45, 2.75) is 77.2 Å². The molecule has 0 radical (unpaired) electrons. The number of carboxylic acids is 1. The third-order valence-electron chi connectivity index (χ3n) is 6.61. The van der Waals surface area contributed by atoms with Gasteiger partial charge in [0.1, 0.15) is 12.1 Å².